The van der Waals surface area contributed by atoms with E-state index < -0.39 is 11.6 Å². The van der Waals surface area contributed by atoms with Gasteiger partial charge < -0.3 is 0 Å². The number of nitrogens with one attached hydrogen (secondary N) is 1. The molecule has 0 aliphatic rings. The number of hydrogen-bond acceptors (Lipinski definition) is 2. The van der Waals surface area contributed by atoms with E-state index >= 15 is 0 Å². The van der Waals surface area contributed by atoms with Crippen LogP contribution in [0.4, 0.5) is 8.78 Å². The van der Waals surface area contributed by atoms with Crippen molar-refractivity contribution in [2.24, 2.45) is 11.8 Å². The molecule has 0 aliphatic heterocycles. The molecule has 0 fully saturated rings. The van der Waals surface area contributed by atoms with Gasteiger partial charge >= 0.3 is 0 Å². The van der Waals surface area contributed by atoms with Gasteiger partial charge in [-0.25, -0.2) is 8.78 Å². The van der Waals surface area contributed by atoms with E-state index in [1.807, 2.05) is 0 Å². The molecule has 1 atom stereocenters. The van der Waals surface area contributed by atoms with E-state index in [0.717, 1.165) is 18.9 Å². The van der Waals surface area contributed by atoms with Gasteiger partial charge in [0.05, 0.1) is 0 Å². The minimum absolute atomic E-state index is 0.0253. The molecular formula is C13H20F2N2. The monoisotopic (exact) mass is 242 g/mol. The largest absolute Gasteiger partial charge is 0.271 e. The molecule has 0 aliphatic carbocycles. The summed E-state index contributed by atoms with van der Waals surface area (Å²) in [5.74, 6) is 4.97. The van der Waals surface area contributed by atoms with Crippen molar-refractivity contribution in [2.75, 3.05) is 0 Å². The Morgan fingerprint density at radius 3 is 2.47 bits per heavy atom. The van der Waals surface area contributed by atoms with Gasteiger partial charge in [-0.05, 0) is 36.8 Å². The third kappa shape index (κ3) is 4.79. The number of rotatable bonds is 6. The molecule has 2 nitrogen and oxygen atoms in total. The average Bonchev–Trinajstić information content (AvgIpc) is 2.26. The second-order valence-electron chi connectivity index (χ2n) is 4.77. The minimum atomic E-state index is -0.550. The Hall–Kier alpha value is -1.00. The second-order valence-corrected chi connectivity index (χ2v) is 4.77. The molecule has 0 heterocycles. The van der Waals surface area contributed by atoms with Gasteiger partial charge in [0.15, 0.2) is 0 Å². The van der Waals surface area contributed by atoms with Crippen LogP contribution >= 0.6 is 0 Å². The standard InChI is InChI=1S/C13H20F2N2/c1-9(2)3-6-12(17-16)7-10-4-5-11(14)8-13(10)15/h4-5,8-9,12,17H,3,6-7,16H2,1-2H3. The van der Waals surface area contributed by atoms with E-state index in [2.05, 4.69) is 19.3 Å². The Balaban J connectivity index is 2.60. The number of halogens is 2. The van der Waals surface area contributed by atoms with Crippen LogP contribution in [0.5, 0.6) is 0 Å². The molecule has 96 valence electrons. The molecular weight excluding hydrogens is 222 g/mol. The molecule has 0 spiro atoms. The van der Waals surface area contributed by atoms with E-state index in [4.69, 9.17) is 5.84 Å². The van der Waals surface area contributed by atoms with Gasteiger partial charge in [0.25, 0.3) is 0 Å². The summed E-state index contributed by atoms with van der Waals surface area (Å²) in [4.78, 5) is 0. The molecule has 1 unspecified atom stereocenters. The SMILES string of the molecule is CC(C)CCC(Cc1ccc(F)cc1F)NN. The second kappa shape index (κ2) is 6.67. The molecule has 1 aromatic rings. The molecule has 17 heavy (non-hydrogen) atoms. The van der Waals surface area contributed by atoms with Gasteiger partial charge in [-0.15, -0.1) is 0 Å². The fraction of sp³-hybridized carbons (Fsp3) is 0.538. The van der Waals surface area contributed by atoms with Crippen molar-refractivity contribution < 1.29 is 8.78 Å². The fourth-order valence-corrected chi connectivity index (χ4v) is 1.73. The highest BCUT2D eigenvalue weighted by molar-refractivity contribution is 5.19. The first-order valence-electron chi connectivity index (χ1n) is 5.93. The summed E-state index contributed by atoms with van der Waals surface area (Å²) in [7, 11) is 0. The first kappa shape index (κ1) is 14.1. The van der Waals surface area contributed by atoms with Gasteiger partial charge in [0, 0.05) is 12.1 Å². The zero-order valence-corrected chi connectivity index (χ0v) is 10.3. The molecule has 0 aromatic heterocycles. The Morgan fingerprint density at radius 1 is 1.24 bits per heavy atom. The summed E-state index contributed by atoms with van der Waals surface area (Å²) in [5, 5.41) is 0. The smallest absolute Gasteiger partial charge is 0.129 e. The average molecular weight is 242 g/mol. The Labute approximate surface area is 101 Å². The van der Waals surface area contributed by atoms with Crippen LogP contribution in [0.3, 0.4) is 0 Å². The highest BCUT2D eigenvalue weighted by atomic mass is 19.1. The van der Waals surface area contributed by atoms with Crippen LogP contribution in [-0.2, 0) is 6.42 Å². The van der Waals surface area contributed by atoms with E-state index in [1.165, 1.54) is 12.1 Å². The van der Waals surface area contributed by atoms with E-state index in [9.17, 15) is 8.78 Å². The molecule has 0 radical (unpaired) electrons. The van der Waals surface area contributed by atoms with Gasteiger partial charge in [0.2, 0.25) is 0 Å². The predicted molar refractivity (Wildman–Crippen MR) is 65.2 cm³/mol. The third-order valence-electron chi connectivity index (χ3n) is 2.81. The maximum absolute atomic E-state index is 13.4. The molecule has 1 rings (SSSR count). The highest BCUT2D eigenvalue weighted by Gasteiger charge is 2.12. The minimum Gasteiger partial charge on any atom is -0.271 e. The van der Waals surface area contributed by atoms with Crippen molar-refractivity contribution in [3.8, 4) is 0 Å². The van der Waals surface area contributed by atoms with Crippen molar-refractivity contribution in [3.63, 3.8) is 0 Å². The van der Waals surface area contributed by atoms with Crippen molar-refractivity contribution in [1.29, 1.82) is 0 Å². The van der Waals surface area contributed by atoms with Crippen molar-refractivity contribution in [1.82, 2.24) is 5.43 Å². The van der Waals surface area contributed by atoms with Crippen LogP contribution < -0.4 is 11.3 Å². The third-order valence-corrected chi connectivity index (χ3v) is 2.81. The summed E-state index contributed by atoms with van der Waals surface area (Å²) in [5.41, 5.74) is 3.19. The van der Waals surface area contributed by atoms with Crippen LogP contribution in [-0.4, -0.2) is 6.04 Å². The predicted octanol–water partition coefficient (Wildman–Crippen LogP) is 2.78. The van der Waals surface area contributed by atoms with Gasteiger partial charge in [-0.1, -0.05) is 19.9 Å². The Kier molecular flexibility index (Phi) is 5.51. The summed E-state index contributed by atoms with van der Waals surface area (Å²) >= 11 is 0. The summed E-state index contributed by atoms with van der Waals surface area (Å²) in [6, 6.07) is 3.68. The molecule has 3 N–H and O–H groups in total. The first-order valence-corrected chi connectivity index (χ1v) is 5.93. The quantitative estimate of drug-likeness (QED) is 0.594. The molecule has 0 amide bonds. The number of benzene rings is 1. The van der Waals surface area contributed by atoms with Crippen molar-refractivity contribution >= 4 is 0 Å². The summed E-state index contributed by atoms with van der Waals surface area (Å²) in [6.45, 7) is 4.26. The topological polar surface area (TPSA) is 38.0 Å². The van der Waals surface area contributed by atoms with E-state index in [1.54, 1.807) is 0 Å². The van der Waals surface area contributed by atoms with Crippen LogP contribution in [0.1, 0.15) is 32.3 Å². The molecule has 0 saturated carbocycles. The lowest BCUT2D eigenvalue weighted by Crippen LogP contribution is -2.37. The number of hydrazine groups is 1. The Bertz CT molecular complexity index is 353. The van der Waals surface area contributed by atoms with Crippen LogP contribution in [0.2, 0.25) is 0 Å². The van der Waals surface area contributed by atoms with Gasteiger partial charge in [-0.2, -0.15) is 0 Å². The maximum Gasteiger partial charge on any atom is 0.129 e. The van der Waals surface area contributed by atoms with Gasteiger partial charge in [-0.3, -0.25) is 11.3 Å². The summed E-state index contributed by atoms with van der Waals surface area (Å²) in [6.07, 6.45) is 2.39. The van der Waals surface area contributed by atoms with E-state index in [0.29, 0.717) is 17.9 Å². The number of hydrogen-bond donors (Lipinski definition) is 2. The normalized spacial score (nSPS) is 13.1. The zero-order valence-electron chi connectivity index (χ0n) is 10.3. The zero-order chi connectivity index (χ0) is 12.8. The first-order chi connectivity index (χ1) is 8.02. The molecule has 0 saturated heterocycles. The van der Waals surface area contributed by atoms with Crippen LogP contribution in [0.15, 0.2) is 18.2 Å². The Morgan fingerprint density at radius 2 is 1.94 bits per heavy atom. The maximum atomic E-state index is 13.4. The van der Waals surface area contributed by atoms with Crippen LogP contribution in [0.25, 0.3) is 0 Å². The van der Waals surface area contributed by atoms with Crippen molar-refractivity contribution in [2.45, 2.75) is 39.2 Å². The lowest BCUT2D eigenvalue weighted by Gasteiger charge is -2.17. The lowest BCUT2D eigenvalue weighted by molar-refractivity contribution is 0.428. The van der Waals surface area contributed by atoms with Crippen molar-refractivity contribution in [3.05, 3.63) is 35.4 Å². The highest BCUT2D eigenvalue weighted by Crippen LogP contribution is 2.15. The molecule has 0 bridgehead atoms. The number of nitrogens with two attached hydrogens (primary N) is 1. The molecule has 4 heteroatoms. The lowest BCUT2D eigenvalue weighted by atomic mass is 9.98. The van der Waals surface area contributed by atoms with Crippen LogP contribution in [0, 0.1) is 17.6 Å². The van der Waals surface area contributed by atoms with Gasteiger partial charge in [0.1, 0.15) is 11.6 Å². The molecule has 1 aromatic carbocycles. The summed E-state index contributed by atoms with van der Waals surface area (Å²) < 4.78 is 26.2. The van der Waals surface area contributed by atoms with E-state index in [-0.39, 0.29) is 6.04 Å². The fourth-order valence-electron chi connectivity index (χ4n) is 1.73.